The Labute approximate surface area is 136 Å². The second-order valence-electron chi connectivity index (χ2n) is 5.45. The van der Waals surface area contributed by atoms with E-state index in [1.165, 1.54) is 0 Å². The summed E-state index contributed by atoms with van der Waals surface area (Å²) < 4.78 is 5.56. The zero-order valence-electron chi connectivity index (χ0n) is 13.3. The minimum Gasteiger partial charge on any atom is -0.494 e. The van der Waals surface area contributed by atoms with Crippen LogP contribution in [0.5, 0.6) is 5.75 Å². The third kappa shape index (κ3) is 3.62. The molecule has 5 heteroatoms. The number of rotatable bonds is 4. The predicted molar refractivity (Wildman–Crippen MR) is 90.0 cm³/mol. The van der Waals surface area contributed by atoms with Gasteiger partial charge >= 0.3 is 0 Å². The van der Waals surface area contributed by atoms with E-state index in [-0.39, 0.29) is 5.91 Å². The van der Waals surface area contributed by atoms with Crippen LogP contribution in [-0.2, 0) is 0 Å². The number of aromatic nitrogens is 1. The number of benzene rings is 1. The predicted octanol–water partition coefficient (Wildman–Crippen LogP) is 2.44. The van der Waals surface area contributed by atoms with Crippen molar-refractivity contribution >= 4 is 11.6 Å². The minimum atomic E-state index is 0.0563. The summed E-state index contributed by atoms with van der Waals surface area (Å²) in [5.41, 5.74) is 1.80. The van der Waals surface area contributed by atoms with Crippen molar-refractivity contribution in [1.82, 2.24) is 9.88 Å². The number of carbonyl (C=O) groups is 1. The summed E-state index contributed by atoms with van der Waals surface area (Å²) in [5.74, 6) is 0.944. The molecule has 1 aromatic heterocycles. The van der Waals surface area contributed by atoms with Crippen molar-refractivity contribution in [3.8, 4) is 5.75 Å². The van der Waals surface area contributed by atoms with Crippen LogP contribution in [0.2, 0.25) is 0 Å². The molecule has 5 nitrogen and oxygen atoms in total. The van der Waals surface area contributed by atoms with E-state index in [9.17, 15) is 4.79 Å². The fourth-order valence-corrected chi connectivity index (χ4v) is 2.78. The number of hydrogen-bond acceptors (Lipinski definition) is 4. The van der Waals surface area contributed by atoms with E-state index >= 15 is 0 Å². The lowest BCUT2D eigenvalue weighted by Gasteiger charge is -2.36. The molecule has 3 rings (SSSR count). The summed E-state index contributed by atoms with van der Waals surface area (Å²) in [4.78, 5) is 20.6. The molecule has 2 heterocycles. The highest BCUT2D eigenvalue weighted by Crippen LogP contribution is 2.22. The number of ether oxygens (including phenoxy) is 1. The van der Waals surface area contributed by atoms with Gasteiger partial charge in [-0.3, -0.25) is 9.78 Å². The monoisotopic (exact) mass is 311 g/mol. The average Bonchev–Trinajstić information content (AvgIpc) is 2.62. The van der Waals surface area contributed by atoms with Gasteiger partial charge in [-0.2, -0.15) is 0 Å². The van der Waals surface area contributed by atoms with Gasteiger partial charge in [-0.25, -0.2) is 0 Å². The van der Waals surface area contributed by atoms with Gasteiger partial charge in [-0.05, 0) is 31.2 Å². The van der Waals surface area contributed by atoms with Crippen molar-refractivity contribution < 1.29 is 9.53 Å². The van der Waals surface area contributed by atoms with Crippen molar-refractivity contribution in [3.05, 3.63) is 54.4 Å². The summed E-state index contributed by atoms with van der Waals surface area (Å²) in [7, 11) is 0. The lowest BCUT2D eigenvalue weighted by Crippen LogP contribution is -2.48. The number of amides is 1. The van der Waals surface area contributed by atoms with Crippen molar-refractivity contribution in [2.75, 3.05) is 37.7 Å². The van der Waals surface area contributed by atoms with Crippen LogP contribution in [-0.4, -0.2) is 48.6 Å². The van der Waals surface area contributed by atoms with E-state index in [0.717, 1.165) is 24.5 Å². The van der Waals surface area contributed by atoms with Gasteiger partial charge in [0.25, 0.3) is 5.91 Å². The van der Waals surface area contributed by atoms with Crippen molar-refractivity contribution in [1.29, 1.82) is 0 Å². The summed E-state index contributed by atoms with van der Waals surface area (Å²) in [6.45, 7) is 5.72. The van der Waals surface area contributed by atoms with Crippen molar-refractivity contribution in [3.63, 3.8) is 0 Å². The normalized spacial score (nSPS) is 14.7. The zero-order chi connectivity index (χ0) is 16.1. The van der Waals surface area contributed by atoms with Crippen LogP contribution in [0.1, 0.15) is 17.3 Å². The van der Waals surface area contributed by atoms with Gasteiger partial charge in [0, 0.05) is 50.3 Å². The van der Waals surface area contributed by atoms with Gasteiger partial charge in [0.05, 0.1) is 12.2 Å². The molecule has 1 aliphatic heterocycles. The Balaban J connectivity index is 1.62. The zero-order valence-corrected chi connectivity index (χ0v) is 13.3. The quantitative estimate of drug-likeness (QED) is 0.870. The molecule has 1 aromatic carbocycles. The third-order valence-electron chi connectivity index (χ3n) is 3.97. The van der Waals surface area contributed by atoms with E-state index in [1.54, 1.807) is 18.5 Å². The Kier molecular flexibility index (Phi) is 4.76. The standard InChI is InChI=1S/C18H21N3O2/c1-2-23-17-7-3-6-16(13-17)20-9-11-21(12-10-20)18(22)15-5-4-8-19-14-15/h3-8,13-14H,2,9-12H2,1H3. The van der Waals surface area contributed by atoms with Gasteiger partial charge in [-0.1, -0.05) is 6.07 Å². The maximum atomic E-state index is 12.4. The molecule has 23 heavy (non-hydrogen) atoms. The molecule has 0 radical (unpaired) electrons. The second-order valence-corrected chi connectivity index (χ2v) is 5.45. The van der Waals surface area contributed by atoms with E-state index < -0.39 is 0 Å². The largest absolute Gasteiger partial charge is 0.494 e. The Bertz CT molecular complexity index is 652. The number of anilines is 1. The molecule has 1 amide bonds. The van der Waals surface area contributed by atoms with Crippen LogP contribution in [0.4, 0.5) is 5.69 Å². The van der Waals surface area contributed by atoms with E-state index in [4.69, 9.17) is 4.74 Å². The fraction of sp³-hybridized carbons (Fsp3) is 0.333. The third-order valence-corrected chi connectivity index (χ3v) is 3.97. The molecular formula is C18H21N3O2. The van der Waals surface area contributed by atoms with Crippen molar-refractivity contribution in [2.24, 2.45) is 0 Å². The van der Waals surface area contributed by atoms with Gasteiger partial charge in [0.1, 0.15) is 5.75 Å². The lowest BCUT2D eigenvalue weighted by molar-refractivity contribution is 0.0746. The van der Waals surface area contributed by atoms with Crippen LogP contribution >= 0.6 is 0 Å². The molecule has 1 fully saturated rings. The topological polar surface area (TPSA) is 45.7 Å². The number of carbonyl (C=O) groups excluding carboxylic acids is 1. The molecule has 0 N–H and O–H groups in total. The first-order valence-corrected chi connectivity index (χ1v) is 7.95. The SMILES string of the molecule is CCOc1cccc(N2CCN(C(=O)c3cccnc3)CC2)c1. The molecule has 2 aromatic rings. The van der Waals surface area contributed by atoms with Crippen LogP contribution in [0.25, 0.3) is 0 Å². The Morgan fingerprint density at radius 3 is 2.70 bits per heavy atom. The molecular weight excluding hydrogens is 290 g/mol. The number of pyridine rings is 1. The second kappa shape index (κ2) is 7.13. The highest BCUT2D eigenvalue weighted by atomic mass is 16.5. The van der Waals surface area contributed by atoms with E-state index in [1.807, 2.05) is 30.0 Å². The fourth-order valence-electron chi connectivity index (χ4n) is 2.78. The first kappa shape index (κ1) is 15.3. The Morgan fingerprint density at radius 2 is 2.00 bits per heavy atom. The van der Waals surface area contributed by atoms with Gasteiger partial charge in [-0.15, -0.1) is 0 Å². The highest BCUT2D eigenvalue weighted by Gasteiger charge is 2.22. The molecule has 0 bridgehead atoms. The summed E-state index contributed by atoms with van der Waals surface area (Å²) >= 11 is 0. The molecule has 0 aliphatic carbocycles. The average molecular weight is 311 g/mol. The molecule has 120 valence electrons. The summed E-state index contributed by atoms with van der Waals surface area (Å²) in [5, 5.41) is 0. The molecule has 0 unspecified atom stereocenters. The van der Waals surface area contributed by atoms with Gasteiger partial charge in [0.2, 0.25) is 0 Å². The smallest absolute Gasteiger partial charge is 0.255 e. The summed E-state index contributed by atoms with van der Waals surface area (Å²) in [6, 6.07) is 11.7. The first-order valence-electron chi connectivity index (χ1n) is 7.95. The molecule has 1 aliphatic rings. The number of nitrogens with zero attached hydrogens (tertiary/aromatic N) is 3. The van der Waals surface area contributed by atoms with E-state index in [2.05, 4.69) is 22.0 Å². The molecule has 0 spiro atoms. The summed E-state index contributed by atoms with van der Waals surface area (Å²) in [6.07, 6.45) is 3.31. The molecule has 1 saturated heterocycles. The van der Waals surface area contributed by atoms with E-state index in [0.29, 0.717) is 25.3 Å². The van der Waals surface area contributed by atoms with Crippen LogP contribution in [0, 0.1) is 0 Å². The minimum absolute atomic E-state index is 0.0563. The van der Waals surface area contributed by atoms with Crippen LogP contribution in [0.3, 0.4) is 0 Å². The van der Waals surface area contributed by atoms with Crippen LogP contribution in [0.15, 0.2) is 48.8 Å². The van der Waals surface area contributed by atoms with Gasteiger partial charge < -0.3 is 14.5 Å². The Hall–Kier alpha value is -2.56. The highest BCUT2D eigenvalue weighted by molar-refractivity contribution is 5.94. The van der Waals surface area contributed by atoms with Crippen LogP contribution < -0.4 is 9.64 Å². The Morgan fingerprint density at radius 1 is 1.17 bits per heavy atom. The first-order chi connectivity index (χ1) is 11.3. The van der Waals surface area contributed by atoms with Crippen molar-refractivity contribution in [2.45, 2.75) is 6.92 Å². The maximum absolute atomic E-state index is 12.4. The number of piperazine rings is 1. The maximum Gasteiger partial charge on any atom is 0.255 e. The molecule has 0 saturated carbocycles. The lowest BCUT2D eigenvalue weighted by atomic mass is 10.2. The number of hydrogen-bond donors (Lipinski definition) is 0. The molecule has 0 atom stereocenters. The van der Waals surface area contributed by atoms with Gasteiger partial charge in [0.15, 0.2) is 0 Å².